The molecule has 0 atom stereocenters. The van der Waals surface area contributed by atoms with Crippen molar-refractivity contribution in [1.82, 2.24) is 0 Å². The normalized spacial score (nSPS) is 10.0. The molecule has 68 valence electrons. The minimum Gasteiger partial charge on any atom is -0.462 e. The predicted octanol–water partition coefficient (Wildman–Crippen LogP) is 1.03. The SMILES string of the molecule is CCOC(=O)C=C=CC(C)(C)O. The second kappa shape index (κ2) is 4.75. The van der Waals surface area contributed by atoms with Crippen molar-refractivity contribution in [3.63, 3.8) is 0 Å². The fraction of sp³-hybridized carbons (Fsp3) is 0.556. The van der Waals surface area contributed by atoms with Crippen molar-refractivity contribution in [2.75, 3.05) is 6.61 Å². The summed E-state index contributed by atoms with van der Waals surface area (Å²) in [6.45, 7) is 5.27. The molecule has 1 N–H and O–H groups in total. The molecule has 0 aromatic carbocycles. The number of hydrogen-bond donors (Lipinski definition) is 1. The van der Waals surface area contributed by atoms with Gasteiger partial charge in [-0.05, 0) is 26.8 Å². The molecule has 0 radical (unpaired) electrons. The second-order valence-corrected chi connectivity index (χ2v) is 2.86. The summed E-state index contributed by atoms with van der Waals surface area (Å²) in [6.07, 6.45) is 2.55. The van der Waals surface area contributed by atoms with Gasteiger partial charge in [-0.15, -0.1) is 5.73 Å². The van der Waals surface area contributed by atoms with E-state index >= 15 is 0 Å². The van der Waals surface area contributed by atoms with Gasteiger partial charge in [0.05, 0.1) is 18.3 Å². The van der Waals surface area contributed by atoms with Crippen LogP contribution in [0.3, 0.4) is 0 Å². The lowest BCUT2D eigenvalue weighted by atomic mass is 10.1. The van der Waals surface area contributed by atoms with E-state index in [4.69, 9.17) is 0 Å². The predicted molar refractivity (Wildman–Crippen MR) is 45.6 cm³/mol. The topological polar surface area (TPSA) is 46.5 Å². The van der Waals surface area contributed by atoms with Gasteiger partial charge in [-0.25, -0.2) is 4.79 Å². The molecule has 0 saturated heterocycles. The van der Waals surface area contributed by atoms with Crippen LogP contribution in [0.15, 0.2) is 17.9 Å². The summed E-state index contributed by atoms with van der Waals surface area (Å²) in [5.74, 6) is -0.446. The van der Waals surface area contributed by atoms with Crippen molar-refractivity contribution in [1.29, 1.82) is 0 Å². The Labute approximate surface area is 72.3 Å². The Morgan fingerprint density at radius 2 is 2.25 bits per heavy atom. The number of rotatable bonds is 3. The Bertz CT molecular complexity index is 204. The van der Waals surface area contributed by atoms with E-state index in [9.17, 15) is 9.90 Å². The molecule has 0 spiro atoms. The zero-order valence-corrected chi connectivity index (χ0v) is 7.63. The highest BCUT2D eigenvalue weighted by atomic mass is 16.5. The zero-order valence-electron chi connectivity index (χ0n) is 7.63. The maximum Gasteiger partial charge on any atom is 0.338 e. The van der Waals surface area contributed by atoms with Gasteiger partial charge in [0.2, 0.25) is 0 Å². The van der Waals surface area contributed by atoms with Gasteiger partial charge in [-0.2, -0.15) is 0 Å². The first-order valence-corrected chi connectivity index (χ1v) is 3.78. The number of aliphatic hydroxyl groups is 1. The molecule has 0 aromatic rings. The van der Waals surface area contributed by atoms with Crippen LogP contribution in [-0.4, -0.2) is 23.3 Å². The first-order chi connectivity index (χ1) is 5.45. The average molecular weight is 170 g/mol. The van der Waals surface area contributed by atoms with Crippen molar-refractivity contribution in [2.24, 2.45) is 0 Å². The van der Waals surface area contributed by atoms with Crippen molar-refractivity contribution in [2.45, 2.75) is 26.4 Å². The van der Waals surface area contributed by atoms with E-state index in [1.807, 2.05) is 0 Å². The molecule has 0 aliphatic heterocycles. The minimum atomic E-state index is -0.941. The molecule has 12 heavy (non-hydrogen) atoms. The molecule has 0 aromatic heterocycles. The second-order valence-electron chi connectivity index (χ2n) is 2.86. The van der Waals surface area contributed by atoms with Crippen LogP contribution in [0.2, 0.25) is 0 Å². The van der Waals surface area contributed by atoms with Crippen LogP contribution in [0.4, 0.5) is 0 Å². The first-order valence-electron chi connectivity index (χ1n) is 3.78. The third-order valence-electron chi connectivity index (χ3n) is 0.924. The van der Waals surface area contributed by atoms with Gasteiger partial charge in [0.15, 0.2) is 0 Å². The van der Waals surface area contributed by atoms with E-state index < -0.39 is 11.6 Å². The molecule has 0 fully saturated rings. The molecule has 0 unspecified atom stereocenters. The zero-order chi connectivity index (χ0) is 9.61. The van der Waals surface area contributed by atoms with E-state index in [1.54, 1.807) is 20.8 Å². The highest BCUT2D eigenvalue weighted by Gasteiger charge is 2.04. The summed E-state index contributed by atoms with van der Waals surface area (Å²) in [7, 11) is 0. The molecule has 0 bridgehead atoms. The van der Waals surface area contributed by atoms with Crippen LogP contribution in [-0.2, 0) is 9.53 Å². The lowest BCUT2D eigenvalue weighted by Crippen LogP contribution is -2.13. The number of hydrogen-bond acceptors (Lipinski definition) is 3. The number of carbonyl (C=O) groups excluding carboxylic acids is 1. The van der Waals surface area contributed by atoms with Gasteiger partial charge >= 0.3 is 5.97 Å². The standard InChI is InChI=1S/C9H14O3/c1-4-12-8(10)6-5-7-9(2,3)11/h6-7,11H,4H2,1-3H3. The van der Waals surface area contributed by atoms with Crippen LogP contribution in [0.1, 0.15) is 20.8 Å². The van der Waals surface area contributed by atoms with Gasteiger partial charge in [-0.3, -0.25) is 0 Å². The lowest BCUT2D eigenvalue weighted by molar-refractivity contribution is -0.137. The van der Waals surface area contributed by atoms with E-state index in [0.29, 0.717) is 6.61 Å². The fourth-order valence-electron chi connectivity index (χ4n) is 0.498. The Balaban J connectivity index is 4.06. The summed E-state index contributed by atoms with van der Waals surface area (Å²) in [5.41, 5.74) is 1.59. The molecule has 0 rings (SSSR count). The van der Waals surface area contributed by atoms with E-state index in [1.165, 1.54) is 6.08 Å². The lowest BCUT2D eigenvalue weighted by Gasteiger charge is -2.07. The maximum atomic E-state index is 10.7. The van der Waals surface area contributed by atoms with E-state index in [2.05, 4.69) is 10.5 Å². The van der Waals surface area contributed by atoms with E-state index in [0.717, 1.165) is 6.08 Å². The molecular weight excluding hydrogens is 156 g/mol. The monoisotopic (exact) mass is 170 g/mol. The van der Waals surface area contributed by atoms with E-state index in [-0.39, 0.29) is 0 Å². The van der Waals surface area contributed by atoms with Gasteiger partial charge in [0.1, 0.15) is 0 Å². The first kappa shape index (κ1) is 11.0. The highest BCUT2D eigenvalue weighted by Crippen LogP contribution is 2.00. The van der Waals surface area contributed by atoms with Crippen LogP contribution in [0.5, 0.6) is 0 Å². The van der Waals surface area contributed by atoms with Gasteiger partial charge in [0, 0.05) is 0 Å². The Hall–Kier alpha value is -1.05. The Morgan fingerprint density at radius 3 is 2.67 bits per heavy atom. The Morgan fingerprint density at radius 1 is 1.67 bits per heavy atom. The van der Waals surface area contributed by atoms with Crippen molar-refractivity contribution in [3.8, 4) is 0 Å². The molecule has 0 saturated carbocycles. The maximum absolute atomic E-state index is 10.7. The Kier molecular flexibility index (Phi) is 4.34. The molecule has 0 aliphatic carbocycles. The van der Waals surface area contributed by atoms with Crippen molar-refractivity contribution >= 4 is 5.97 Å². The molecule has 0 heterocycles. The quantitative estimate of drug-likeness (QED) is 0.391. The smallest absolute Gasteiger partial charge is 0.338 e. The van der Waals surface area contributed by atoms with Crippen LogP contribution in [0, 0.1) is 0 Å². The third-order valence-corrected chi connectivity index (χ3v) is 0.924. The van der Waals surface area contributed by atoms with Gasteiger partial charge < -0.3 is 9.84 Å². The summed E-state index contributed by atoms with van der Waals surface area (Å²) >= 11 is 0. The number of carbonyl (C=O) groups is 1. The van der Waals surface area contributed by atoms with Crippen LogP contribution >= 0.6 is 0 Å². The molecule has 3 nitrogen and oxygen atoms in total. The molecular formula is C9H14O3. The molecule has 0 aliphatic rings. The summed E-state index contributed by atoms with van der Waals surface area (Å²) < 4.78 is 4.60. The summed E-state index contributed by atoms with van der Waals surface area (Å²) in [6, 6.07) is 0. The third kappa shape index (κ3) is 7.06. The number of ether oxygens (including phenoxy) is 1. The average Bonchev–Trinajstić information content (AvgIpc) is 1.84. The van der Waals surface area contributed by atoms with Gasteiger partial charge in [-0.1, -0.05) is 0 Å². The molecule has 0 amide bonds. The summed E-state index contributed by atoms with van der Waals surface area (Å²) in [4.78, 5) is 10.7. The highest BCUT2D eigenvalue weighted by molar-refractivity contribution is 5.81. The number of esters is 1. The van der Waals surface area contributed by atoms with Crippen LogP contribution in [0.25, 0.3) is 0 Å². The van der Waals surface area contributed by atoms with Crippen LogP contribution < -0.4 is 0 Å². The minimum absolute atomic E-state index is 0.347. The largest absolute Gasteiger partial charge is 0.462 e. The van der Waals surface area contributed by atoms with Crippen molar-refractivity contribution in [3.05, 3.63) is 17.9 Å². The van der Waals surface area contributed by atoms with Gasteiger partial charge in [0.25, 0.3) is 0 Å². The summed E-state index contributed by atoms with van der Waals surface area (Å²) in [5, 5.41) is 9.17. The molecule has 3 heteroatoms. The fourth-order valence-corrected chi connectivity index (χ4v) is 0.498. The van der Waals surface area contributed by atoms with Crippen molar-refractivity contribution < 1.29 is 14.6 Å².